The Bertz CT molecular complexity index is 111. The third kappa shape index (κ3) is 10.2. The van der Waals surface area contributed by atoms with Gasteiger partial charge in [-0.3, -0.25) is 0 Å². The normalized spacial score (nSPS) is 13.0. The van der Waals surface area contributed by atoms with Crippen molar-refractivity contribution in [3.8, 4) is 0 Å². The molecule has 0 aromatic rings. The van der Waals surface area contributed by atoms with Crippen LogP contribution in [-0.2, 0) is 4.74 Å². The van der Waals surface area contributed by atoms with E-state index < -0.39 is 0 Å². The second kappa shape index (κ2) is 12.0. The molecule has 0 bridgehead atoms. The van der Waals surface area contributed by atoms with Crippen molar-refractivity contribution in [2.45, 2.75) is 65.3 Å². The van der Waals surface area contributed by atoms with Gasteiger partial charge in [-0.15, -0.1) is 0 Å². The van der Waals surface area contributed by atoms with Gasteiger partial charge in [-0.1, -0.05) is 33.1 Å². The lowest BCUT2D eigenvalue weighted by Gasteiger charge is -2.16. The van der Waals surface area contributed by atoms with Gasteiger partial charge in [0.1, 0.15) is 0 Å². The number of hydrogen-bond donors (Lipinski definition) is 1. The highest BCUT2D eigenvalue weighted by Crippen LogP contribution is 2.08. The van der Waals surface area contributed by atoms with E-state index in [9.17, 15) is 0 Å². The molecule has 92 valence electrons. The van der Waals surface area contributed by atoms with Gasteiger partial charge >= 0.3 is 0 Å². The summed E-state index contributed by atoms with van der Waals surface area (Å²) in [6.45, 7) is 9.41. The summed E-state index contributed by atoms with van der Waals surface area (Å²) in [5.41, 5.74) is 0. The number of nitrogens with one attached hydrogen (secondary N) is 1. The van der Waals surface area contributed by atoms with E-state index in [2.05, 4.69) is 26.1 Å². The SMILES string of the molecule is CCCC(CCCCCOCC)NCC. The van der Waals surface area contributed by atoms with Gasteiger partial charge in [-0.25, -0.2) is 0 Å². The average molecular weight is 215 g/mol. The Balaban J connectivity index is 3.28. The second-order valence-corrected chi connectivity index (χ2v) is 4.09. The van der Waals surface area contributed by atoms with Crippen molar-refractivity contribution in [1.29, 1.82) is 0 Å². The molecule has 0 amide bonds. The Hall–Kier alpha value is -0.0800. The molecule has 1 unspecified atom stereocenters. The van der Waals surface area contributed by atoms with Gasteiger partial charge in [0.05, 0.1) is 0 Å². The topological polar surface area (TPSA) is 21.3 Å². The van der Waals surface area contributed by atoms with E-state index >= 15 is 0 Å². The molecule has 0 aliphatic rings. The molecular formula is C13H29NO. The molecule has 0 aliphatic carbocycles. The second-order valence-electron chi connectivity index (χ2n) is 4.09. The van der Waals surface area contributed by atoms with Gasteiger partial charge in [0, 0.05) is 19.3 Å². The van der Waals surface area contributed by atoms with Crippen molar-refractivity contribution >= 4 is 0 Å². The third-order valence-corrected chi connectivity index (χ3v) is 2.68. The molecule has 0 saturated heterocycles. The van der Waals surface area contributed by atoms with Crippen LogP contribution < -0.4 is 5.32 Å². The largest absolute Gasteiger partial charge is 0.382 e. The van der Waals surface area contributed by atoms with Crippen LogP contribution in [0.4, 0.5) is 0 Å². The zero-order valence-electron chi connectivity index (χ0n) is 10.8. The highest BCUT2D eigenvalue weighted by atomic mass is 16.5. The van der Waals surface area contributed by atoms with Crippen molar-refractivity contribution < 1.29 is 4.74 Å². The van der Waals surface area contributed by atoms with E-state index in [0.29, 0.717) is 0 Å². The van der Waals surface area contributed by atoms with Gasteiger partial charge in [0.15, 0.2) is 0 Å². The van der Waals surface area contributed by atoms with Crippen molar-refractivity contribution in [1.82, 2.24) is 5.32 Å². The zero-order chi connectivity index (χ0) is 11.4. The lowest BCUT2D eigenvalue weighted by Crippen LogP contribution is -2.28. The van der Waals surface area contributed by atoms with E-state index in [1.165, 1.54) is 38.5 Å². The monoisotopic (exact) mass is 215 g/mol. The lowest BCUT2D eigenvalue weighted by molar-refractivity contribution is 0.142. The van der Waals surface area contributed by atoms with Crippen LogP contribution in [0.3, 0.4) is 0 Å². The maximum absolute atomic E-state index is 5.32. The fourth-order valence-corrected chi connectivity index (χ4v) is 1.90. The Morgan fingerprint density at radius 2 is 1.80 bits per heavy atom. The first-order valence-electron chi connectivity index (χ1n) is 6.66. The molecule has 0 fully saturated rings. The Morgan fingerprint density at radius 3 is 2.40 bits per heavy atom. The van der Waals surface area contributed by atoms with Crippen molar-refractivity contribution in [3.05, 3.63) is 0 Å². The van der Waals surface area contributed by atoms with Crippen LogP contribution in [0.1, 0.15) is 59.3 Å². The lowest BCUT2D eigenvalue weighted by atomic mass is 10.0. The first-order chi connectivity index (χ1) is 7.35. The van der Waals surface area contributed by atoms with Gasteiger partial charge in [-0.2, -0.15) is 0 Å². The number of ether oxygens (including phenoxy) is 1. The molecule has 0 spiro atoms. The van der Waals surface area contributed by atoms with E-state index in [1.54, 1.807) is 0 Å². The highest BCUT2D eigenvalue weighted by Gasteiger charge is 2.04. The predicted octanol–water partition coefficient (Wildman–Crippen LogP) is 3.36. The fraction of sp³-hybridized carbons (Fsp3) is 1.00. The Labute approximate surface area is 95.8 Å². The van der Waals surface area contributed by atoms with Crippen LogP contribution in [0, 0.1) is 0 Å². The molecule has 2 nitrogen and oxygen atoms in total. The summed E-state index contributed by atoms with van der Waals surface area (Å²) in [4.78, 5) is 0. The van der Waals surface area contributed by atoms with Gasteiger partial charge < -0.3 is 10.1 Å². The average Bonchev–Trinajstić information content (AvgIpc) is 2.24. The molecule has 15 heavy (non-hydrogen) atoms. The van der Waals surface area contributed by atoms with Crippen molar-refractivity contribution in [3.63, 3.8) is 0 Å². The van der Waals surface area contributed by atoms with E-state index in [4.69, 9.17) is 4.74 Å². The summed E-state index contributed by atoms with van der Waals surface area (Å²) in [5.74, 6) is 0. The van der Waals surface area contributed by atoms with E-state index in [0.717, 1.165) is 25.8 Å². The summed E-state index contributed by atoms with van der Waals surface area (Å²) in [5, 5.41) is 3.55. The van der Waals surface area contributed by atoms with E-state index in [-0.39, 0.29) is 0 Å². The molecule has 1 atom stereocenters. The molecule has 0 aromatic heterocycles. The van der Waals surface area contributed by atoms with Crippen LogP contribution in [0.5, 0.6) is 0 Å². The number of hydrogen-bond acceptors (Lipinski definition) is 2. The summed E-state index contributed by atoms with van der Waals surface area (Å²) in [7, 11) is 0. The van der Waals surface area contributed by atoms with Crippen molar-refractivity contribution in [2.24, 2.45) is 0 Å². The minimum atomic E-state index is 0.743. The first-order valence-corrected chi connectivity index (χ1v) is 6.66. The standard InChI is InChI=1S/C13H29NO/c1-4-10-13(14-5-2)11-8-7-9-12-15-6-3/h13-14H,4-12H2,1-3H3. The molecule has 2 heteroatoms. The Morgan fingerprint density at radius 1 is 1.00 bits per heavy atom. The highest BCUT2D eigenvalue weighted by molar-refractivity contribution is 4.65. The first kappa shape index (κ1) is 14.9. The summed E-state index contributed by atoms with van der Waals surface area (Å²) in [6.07, 6.45) is 7.80. The summed E-state index contributed by atoms with van der Waals surface area (Å²) < 4.78 is 5.32. The molecule has 0 heterocycles. The maximum Gasteiger partial charge on any atom is 0.0465 e. The Kier molecular flexibility index (Phi) is 11.9. The molecule has 0 rings (SSSR count). The van der Waals surface area contributed by atoms with Gasteiger partial charge in [0.2, 0.25) is 0 Å². The number of rotatable bonds is 11. The quantitative estimate of drug-likeness (QED) is 0.534. The molecular weight excluding hydrogens is 186 g/mol. The summed E-state index contributed by atoms with van der Waals surface area (Å²) in [6, 6.07) is 0.743. The van der Waals surface area contributed by atoms with Crippen LogP contribution >= 0.6 is 0 Å². The third-order valence-electron chi connectivity index (χ3n) is 2.68. The smallest absolute Gasteiger partial charge is 0.0465 e. The minimum Gasteiger partial charge on any atom is -0.382 e. The van der Waals surface area contributed by atoms with Gasteiger partial charge in [-0.05, 0) is 32.7 Å². The maximum atomic E-state index is 5.32. The number of unbranched alkanes of at least 4 members (excludes halogenated alkanes) is 2. The molecule has 0 aromatic carbocycles. The van der Waals surface area contributed by atoms with Crippen LogP contribution in [0.25, 0.3) is 0 Å². The molecule has 0 radical (unpaired) electrons. The predicted molar refractivity (Wildman–Crippen MR) is 67.3 cm³/mol. The molecule has 0 saturated carbocycles. The molecule has 1 N–H and O–H groups in total. The summed E-state index contributed by atoms with van der Waals surface area (Å²) >= 11 is 0. The zero-order valence-corrected chi connectivity index (χ0v) is 10.8. The fourth-order valence-electron chi connectivity index (χ4n) is 1.90. The van der Waals surface area contributed by atoms with Crippen LogP contribution in [0.15, 0.2) is 0 Å². The molecule has 0 aliphatic heterocycles. The van der Waals surface area contributed by atoms with Gasteiger partial charge in [0.25, 0.3) is 0 Å². The van der Waals surface area contributed by atoms with Crippen LogP contribution in [0.2, 0.25) is 0 Å². The van der Waals surface area contributed by atoms with Crippen LogP contribution in [-0.4, -0.2) is 25.8 Å². The van der Waals surface area contributed by atoms with Crippen molar-refractivity contribution in [2.75, 3.05) is 19.8 Å². The van der Waals surface area contributed by atoms with E-state index in [1.807, 2.05) is 0 Å². The minimum absolute atomic E-state index is 0.743.